The molecule has 2 N–H and O–H groups in total. The van der Waals surface area contributed by atoms with Gasteiger partial charge in [-0.3, -0.25) is 0 Å². The number of H-pyrrole nitrogens is 1. The SMILES string of the molecule is Cc1nc2ccc(CNC(C)c3cccc(N4CCOCC4)c3)cc2[nH]1. The molecule has 0 saturated carbocycles. The summed E-state index contributed by atoms with van der Waals surface area (Å²) in [5.74, 6) is 0.957. The van der Waals surface area contributed by atoms with Gasteiger partial charge in [0.2, 0.25) is 0 Å². The first-order chi connectivity index (χ1) is 12.7. The molecule has 26 heavy (non-hydrogen) atoms. The molecule has 2 aromatic carbocycles. The summed E-state index contributed by atoms with van der Waals surface area (Å²) in [6.45, 7) is 8.60. The second kappa shape index (κ2) is 7.48. The van der Waals surface area contributed by atoms with Crippen molar-refractivity contribution in [1.29, 1.82) is 0 Å². The van der Waals surface area contributed by atoms with E-state index in [-0.39, 0.29) is 6.04 Å². The largest absolute Gasteiger partial charge is 0.378 e. The Balaban J connectivity index is 1.42. The van der Waals surface area contributed by atoms with E-state index >= 15 is 0 Å². The average molecular weight is 350 g/mol. The quantitative estimate of drug-likeness (QED) is 0.739. The molecule has 4 rings (SSSR count). The highest BCUT2D eigenvalue weighted by Gasteiger charge is 2.13. The lowest BCUT2D eigenvalue weighted by atomic mass is 10.1. The fourth-order valence-electron chi connectivity index (χ4n) is 3.50. The summed E-state index contributed by atoms with van der Waals surface area (Å²) in [7, 11) is 0. The van der Waals surface area contributed by atoms with Gasteiger partial charge in [-0.1, -0.05) is 18.2 Å². The Bertz CT molecular complexity index is 883. The Labute approximate surface area is 154 Å². The second-order valence-electron chi connectivity index (χ2n) is 6.97. The monoisotopic (exact) mass is 350 g/mol. The maximum absolute atomic E-state index is 5.46. The number of morpholine rings is 1. The molecular formula is C21H26N4O. The third kappa shape index (κ3) is 3.74. The zero-order chi connectivity index (χ0) is 17.9. The average Bonchev–Trinajstić information content (AvgIpc) is 3.06. The van der Waals surface area contributed by atoms with Crippen LogP contribution >= 0.6 is 0 Å². The molecule has 3 aromatic rings. The van der Waals surface area contributed by atoms with Gasteiger partial charge in [0.05, 0.1) is 24.2 Å². The molecule has 5 heteroatoms. The van der Waals surface area contributed by atoms with Crippen molar-refractivity contribution >= 4 is 16.7 Å². The number of aromatic amines is 1. The Morgan fingerprint density at radius 3 is 2.88 bits per heavy atom. The molecular weight excluding hydrogens is 324 g/mol. The van der Waals surface area contributed by atoms with Gasteiger partial charge in [-0.15, -0.1) is 0 Å². The molecule has 0 radical (unpaired) electrons. The summed E-state index contributed by atoms with van der Waals surface area (Å²) in [6.07, 6.45) is 0. The van der Waals surface area contributed by atoms with E-state index < -0.39 is 0 Å². The van der Waals surface area contributed by atoms with Gasteiger partial charge in [0.1, 0.15) is 5.82 Å². The van der Waals surface area contributed by atoms with Crippen LogP contribution in [0, 0.1) is 6.92 Å². The Morgan fingerprint density at radius 1 is 1.19 bits per heavy atom. The molecule has 1 saturated heterocycles. The fourth-order valence-corrected chi connectivity index (χ4v) is 3.50. The van der Waals surface area contributed by atoms with Crippen LogP contribution in [-0.2, 0) is 11.3 Å². The molecule has 5 nitrogen and oxygen atoms in total. The van der Waals surface area contributed by atoms with Gasteiger partial charge >= 0.3 is 0 Å². The van der Waals surface area contributed by atoms with Crippen LogP contribution in [0.5, 0.6) is 0 Å². The molecule has 136 valence electrons. The van der Waals surface area contributed by atoms with E-state index in [2.05, 4.69) is 69.6 Å². The maximum Gasteiger partial charge on any atom is 0.104 e. The number of benzene rings is 2. The lowest BCUT2D eigenvalue weighted by molar-refractivity contribution is 0.122. The lowest BCUT2D eigenvalue weighted by Crippen LogP contribution is -2.36. The van der Waals surface area contributed by atoms with E-state index in [9.17, 15) is 0 Å². The minimum atomic E-state index is 0.287. The standard InChI is InChI=1S/C21H26N4O/c1-15(18-4-3-5-19(13-18)25-8-10-26-11-9-25)22-14-17-6-7-20-21(12-17)24-16(2)23-20/h3-7,12-13,15,22H,8-11,14H2,1-2H3,(H,23,24). The van der Waals surface area contributed by atoms with Crippen molar-refractivity contribution in [2.45, 2.75) is 26.4 Å². The zero-order valence-electron chi connectivity index (χ0n) is 15.5. The first-order valence-electron chi connectivity index (χ1n) is 9.30. The van der Waals surface area contributed by atoms with E-state index in [1.807, 2.05) is 6.92 Å². The molecule has 0 bridgehead atoms. The molecule has 2 heterocycles. The highest BCUT2D eigenvalue weighted by molar-refractivity contribution is 5.75. The molecule has 1 fully saturated rings. The normalized spacial score (nSPS) is 16.2. The van der Waals surface area contributed by atoms with Gasteiger partial charge in [-0.25, -0.2) is 4.98 Å². The smallest absolute Gasteiger partial charge is 0.104 e. The number of hydrogen-bond acceptors (Lipinski definition) is 4. The maximum atomic E-state index is 5.46. The number of aromatic nitrogens is 2. The van der Waals surface area contributed by atoms with Crippen LogP contribution in [0.1, 0.15) is 29.9 Å². The number of rotatable bonds is 5. The van der Waals surface area contributed by atoms with Crippen LogP contribution in [0.25, 0.3) is 11.0 Å². The van der Waals surface area contributed by atoms with Crippen LogP contribution in [0.4, 0.5) is 5.69 Å². The number of imidazole rings is 1. The molecule has 0 aliphatic carbocycles. The number of ether oxygens (including phenoxy) is 1. The molecule has 1 aliphatic heterocycles. The van der Waals surface area contributed by atoms with Gasteiger partial charge < -0.3 is 19.9 Å². The van der Waals surface area contributed by atoms with Crippen LogP contribution in [0.3, 0.4) is 0 Å². The van der Waals surface area contributed by atoms with Crippen molar-refractivity contribution in [2.24, 2.45) is 0 Å². The fraction of sp³-hybridized carbons (Fsp3) is 0.381. The number of nitrogens with one attached hydrogen (secondary N) is 2. The first kappa shape index (κ1) is 17.1. The first-order valence-corrected chi connectivity index (χ1v) is 9.30. The van der Waals surface area contributed by atoms with Crippen LogP contribution in [0.2, 0.25) is 0 Å². The van der Waals surface area contributed by atoms with E-state index in [1.165, 1.54) is 16.8 Å². The molecule has 1 aromatic heterocycles. The Hall–Kier alpha value is -2.37. The number of anilines is 1. The summed E-state index contributed by atoms with van der Waals surface area (Å²) in [5, 5.41) is 3.64. The minimum absolute atomic E-state index is 0.287. The van der Waals surface area contributed by atoms with Crippen molar-refractivity contribution in [1.82, 2.24) is 15.3 Å². The highest BCUT2D eigenvalue weighted by atomic mass is 16.5. The van der Waals surface area contributed by atoms with E-state index in [4.69, 9.17) is 4.74 Å². The summed E-state index contributed by atoms with van der Waals surface area (Å²) in [4.78, 5) is 10.2. The van der Waals surface area contributed by atoms with Crippen molar-refractivity contribution in [3.05, 3.63) is 59.4 Å². The van der Waals surface area contributed by atoms with Crippen LogP contribution in [-0.4, -0.2) is 36.3 Å². The van der Waals surface area contributed by atoms with Gasteiger partial charge in [0, 0.05) is 31.4 Å². The van der Waals surface area contributed by atoms with Crippen molar-refractivity contribution in [3.8, 4) is 0 Å². The van der Waals surface area contributed by atoms with Gasteiger partial charge in [0.25, 0.3) is 0 Å². The summed E-state index contributed by atoms with van der Waals surface area (Å²) in [5.41, 5.74) is 5.99. The van der Waals surface area contributed by atoms with Crippen molar-refractivity contribution < 1.29 is 4.74 Å². The van der Waals surface area contributed by atoms with Gasteiger partial charge in [0.15, 0.2) is 0 Å². The summed E-state index contributed by atoms with van der Waals surface area (Å²) in [6, 6.07) is 15.5. The lowest BCUT2D eigenvalue weighted by Gasteiger charge is -2.29. The molecule has 0 amide bonds. The third-order valence-corrected chi connectivity index (χ3v) is 5.02. The molecule has 1 unspecified atom stereocenters. The predicted molar refractivity (Wildman–Crippen MR) is 106 cm³/mol. The minimum Gasteiger partial charge on any atom is -0.378 e. The van der Waals surface area contributed by atoms with E-state index in [1.54, 1.807) is 0 Å². The number of nitrogens with zero attached hydrogens (tertiary/aromatic N) is 2. The third-order valence-electron chi connectivity index (χ3n) is 5.02. The number of aryl methyl sites for hydroxylation is 1. The second-order valence-corrected chi connectivity index (χ2v) is 6.97. The zero-order valence-corrected chi connectivity index (χ0v) is 15.5. The van der Waals surface area contributed by atoms with Gasteiger partial charge in [-0.2, -0.15) is 0 Å². The predicted octanol–water partition coefficient (Wildman–Crippen LogP) is 3.56. The van der Waals surface area contributed by atoms with E-state index in [0.717, 1.165) is 49.7 Å². The molecule has 1 aliphatic rings. The van der Waals surface area contributed by atoms with Crippen molar-refractivity contribution in [3.63, 3.8) is 0 Å². The van der Waals surface area contributed by atoms with Gasteiger partial charge in [-0.05, 0) is 49.2 Å². The molecule has 0 spiro atoms. The topological polar surface area (TPSA) is 53.2 Å². The van der Waals surface area contributed by atoms with Crippen LogP contribution in [0.15, 0.2) is 42.5 Å². The summed E-state index contributed by atoms with van der Waals surface area (Å²) < 4.78 is 5.46. The summed E-state index contributed by atoms with van der Waals surface area (Å²) >= 11 is 0. The molecule has 1 atom stereocenters. The van der Waals surface area contributed by atoms with E-state index in [0.29, 0.717) is 0 Å². The highest BCUT2D eigenvalue weighted by Crippen LogP contribution is 2.22. The van der Waals surface area contributed by atoms with Crippen LogP contribution < -0.4 is 10.2 Å². The Morgan fingerprint density at radius 2 is 2.04 bits per heavy atom. The van der Waals surface area contributed by atoms with Crippen molar-refractivity contribution in [2.75, 3.05) is 31.2 Å². The Kier molecular flexibility index (Phi) is 4.91. The number of hydrogen-bond donors (Lipinski definition) is 2. The number of fused-ring (bicyclic) bond motifs is 1.